The van der Waals surface area contributed by atoms with E-state index in [-0.39, 0.29) is 11.4 Å². The van der Waals surface area contributed by atoms with Crippen LogP contribution in [0.2, 0.25) is 0 Å². The molecule has 162 valence electrons. The highest BCUT2D eigenvalue weighted by Crippen LogP contribution is 2.28. The van der Waals surface area contributed by atoms with Gasteiger partial charge < -0.3 is 21.8 Å². The fourth-order valence-corrected chi connectivity index (χ4v) is 3.97. The molecule has 32 heavy (non-hydrogen) atoms. The van der Waals surface area contributed by atoms with Crippen LogP contribution in [0.1, 0.15) is 5.56 Å². The van der Waals surface area contributed by atoms with E-state index in [1.807, 2.05) is 12.4 Å². The van der Waals surface area contributed by atoms with Crippen LogP contribution in [0, 0.1) is 5.82 Å². The van der Waals surface area contributed by atoms with Crippen molar-refractivity contribution in [2.45, 2.75) is 0 Å². The first-order chi connectivity index (χ1) is 15.6. The van der Waals surface area contributed by atoms with Crippen molar-refractivity contribution in [3.8, 4) is 22.3 Å². The van der Waals surface area contributed by atoms with E-state index in [2.05, 4.69) is 49.7 Å². The Morgan fingerprint density at radius 1 is 1.00 bits per heavy atom. The third kappa shape index (κ3) is 3.63. The van der Waals surface area contributed by atoms with Gasteiger partial charge in [0.25, 0.3) is 0 Å². The lowest BCUT2D eigenvalue weighted by atomic mass is 10.0. The number of nitrogens with two attached hydrogens (primary N) is 2. The van der Waals surface area contributed by atoms with Crippen LogP contribution in [0.4, 0.5) is 10.1 Å². The largest absolute Gasteiger partial charge is 0.382 e. The van der Waals surface area contributed by atoms with E-state index >= 15 is 0 Å². The van der Waals surface area contributed by atoms with E-state index in [1.54, 1.807) is 22.8 Å². The summed E-state index contributed by atoms with van der Waals surface area (Å²) >= 11 is 0. The van der Waals surface area contributed by atoms with E-state index in [9.17, 15) is 4.39 Å². The predicted octanol–water partition coefficient (Wildman–Crippen LogP) is 2.19. The Hall–Kier alpha value is -3.98. The number of benzene rings is 2. The van der Waals surface area contributed by atoms with Gasteiger partial charge in [-0.25, -0.2) is 13.9 Å². The molecule has 0 saturated carbocycles. The number of nitrogens with zero attached hydrogens (tertiary/aromatic N) is 5. The van der Waals surface area contributed by atoms with Gasteiger partial charge >= 0.3 is 0 Å². The standard InChI is InChI=1S/C23H23FN8/c24-21-6-3-16(11-19(21)22(25)30-26)20-13-29-32-14-17(12-28-23(20)32)15-1-4-18(5-2-15)31-9-7-27-8-10-31/h1-6,11-14,27H,7-10,26H2,(H2,25,30). The molecule has 0 bridgehead atoms. The quantitative estimate of drug-likeness (QED) is 0.198. The highest BCUT2D eigenvalue weighted by atomic mass is 19.1. The Kier molecular flexibility index (Phi) is 5.16. The maximum absolute atomic E-state index is 14.1. The smallest absolute Gasteiger partial charge is 0.162 e. The molecule has 0 amide bonds. The number of piperazine rings is 1. The molecule has 9 heteroatoms. The normalized spacial score (nSPS) is 14.8. The molecule has 0 aliphatic carbocycles. The summed E-state index contributed by atoms with van der Waals surface area (Å²) in [5.74, 6) is 4.66. The molecule has 5 N–H and O–H groups in total. The summed E-state index contributed by atoms with van der Waals surface area (Å²) in [4.78, 5) is 7.00. The van der Waals surface area contributed by atoms with E-state index in [4.69, 9.17) is 11.6 Å². The summed E-state index contributed by atoms with van der Waals surface area (Å²) in [5, 5.41) is 11.2. The van der Waals surface area contributed by atoms with Gasteiger partial charge in [-0.3, -0.25) is 0 Å². The maximum atomic E-state index is 14.1. The minimum atomic E-state index is -0.489. The molecular formula is C23H23FN8. The molecule has 0 unspecified atom stereocenters. The number of hydrogen-bond donors (Lipinski definition) is 3. The predicted molar refractivity (Wildman–Crippen MR) is 124 cm³/mol. The fourth-order valence-electron chi connectivity index (χ4n) is 3.97. The molecule has 1 aliphatic rings. The van der Waals surface area contributed by atoms with Crippen molar-refractivity contribution < 1.29 is 4.39 Å². The van der Waals surface area contributed by atoms with Gasteiger partial charge in [0.1, 0.15) is 5.82 Å². The van der Waals surface area contributed by atoms with Crippen LogP contribution < -0.4 is 21.8 Å². The second-order valence-electron chi connectivity index (χ2n) is 7.66. The van der Waals surface area contributed by atoms with Gasteiger partial charge in [0, 0.05) is 55.4 Å². The van der Waals surface area contributed by atoms with Crippen molar-refractivity contribution in [3.63, 3.8) is 0 Å². The van der Waals surface area contributed by atoms with Crippen molar-refractivity contribution >= 4 is 17.2 Å². The Morgan fingerprint density at radius 2 is 1.75 bits per heavy atom. The molecule has 3 heterocycles. The summed E-state index contributed by atoms with van der Waals surface area (Å²) in [6, 6.07) is 13.1. The lowest BCUT2D eigenvalue weighted by Crippen LogP contribution is -2.43. The van der Waals surface area contributed by atoms with Crippen molar-refractivity contribution in [2.24, 2.45) is 16.7 Å². The number of amidine groups is 1. The third-order valence-electron chi connectivity index (χ3n) is 5.73. The monoisotopic (exact) mass is 430 g/mol. The van der Waals surface area contributed by atoms with Crippen LogP contribution in [-0.4, -0.2) is 46.6 Å². The van der Waals surface area contributed by atoms with Crippen LogP contribution in [0.5, 0.6) is 0 Å². The summed E-state index contributed by atoms with van der Waals surface area (Å²) in [5.41, 5.74) is 11.2. The van der Waals surface area contributed by atoms with Gasteiger partial charge in [-0.1, -0.05) is 18.2 Å². The van der Waals surface area contributed by atoms with Crippen LogP contribution >= 0.6 is 0 Å². The van der Waals surface area contributed by atoms with Crippen LogP contribution in [0.15, 0.2) is 66.2 Å². The maximum Gasteiger partial charge on any atom is 0.162 e. The van der Waals surface area contributed by atoms with E-state index in [1.165, 1.54) is 11.8 Å². The molecule has 0 spiro atoms. The first kappa shape index (κ1) is 20.0. The molecule has 1 saturated heterocycles. The zero-order valence-electron chi connectivity index (χ0n) is 17.4. The third-order valence-corrected chi connectivity index (χ3v) is 5.73. The van der Waals surface area contributed by atoms with E-state index in [0.717, 1.165) is 48.4 Å². The second-order valence-corrected chi connectivity index (χ2v) is 7.66. The van der Waals surface area contributed by atoms with Crippen molar-refractivity contribution in [1.82, 2.24) is 19.9 Å². The highest BCUT2D eigenvalue weighted by molar-refractivity contribution is 5.99. The van der Waals surface area contributed by atoms with Gasteiger partial charge in [0.2, 0.25) is 0 Å². The molecule has 2 aromatic carbocycles. The number of hydrazone groups is 1. The molecular weight excluding hydrogens is 407 g/mol. The van der Waals surface area contributed by atoms with Crippen LogP contribution in [-0.2, 0) is 0 Å². The summed E-state index contributed by atoms with van der Waals surface area (Å²) in [6.45, 7) is 4.03. The van der Waals surface area contributed by atoms with Crippen LogP contribution in [0.3, 0.4) is 0 Å². The molecule has 1 aliphatic heterocycles. The lowest BCUT2D eigenvalue weighted by molar-refractivity contribution is 0.589. The number of fused-ring (bicyclic) bond motifs is 1. The number of nitrogens with one attached hydrogen (secondary N) is 1. The molecule has 4 aromatic rings. The van der Waals surface area contributed by atoms with Gasteiger partial charge in [-0.05, 0) is 35.4 Å². The number of aromatic nitrogens is 3. The Balaban J connectivity index is 1.46. The van der Waals surface area contributed by atoms with Gasteiger partial charge in [0.05, 0.1) is 11.8 Å². The number of halogens is 1. The van der Waals surface area contributed by atoms with Gasteiger partial charge in [0.15, 0.2) is 11.5 Å². The first-order valence-electron chi connectivity index (χ1n) is 10.4. The summed E-state index contributed by atoms with van der Waals surface area (Å²) in [6.07, 6.45) is 5.46. The highest BCUT2D eigenvalue weighted by Gasteiger charge is 2.14. The average Bonchev–Trinajstić information content (AvgIpc) is 3.28. The SMILES string of the molecule is N/N=C(\N)c1cc(-c2cnn3cc(-c4ccc(N5CCNCC5)cc4)cnc23)ccc1F. The molecule has 5 rings (SSSR count). The Bertz CT molecular complexity index is 1290. The number of hydrogen-bond acceptors (Lipinski definition) is 6. The summed E-state index contributed by atoms with van der Waals surface area (Å²) in [7, 11) is 0. The zero-order valence-corrected chi connectivity index (χ0v) is 17.4. The van der Waals surface area contributed by atoms with Crippen LogP contribution in [0.25, 0.3) is 27.9 Å². The molecule has 2 aromatic heterocycles. The van der Waals surface area contributed by atoms with Crippen molar-refractivity contribution in [2.75, 3.05) is 31.1 Å². The Labute approximate surface area is 184 Å². The minimum absolute atomic E-state index is 0.0691. The minimum Gasteiger partial charge on any atom is -0.382 e. The summed E-state index contributed by atoms with van der Waals surface area (Å²) < 4.78 is 15.8. The van der Waals surface area contributed by atoms with E-state index in [0.29, 0.717) is 5.65 Å². The first-order valence-corrected chi connectivity index (χ1v) is 10.4. The fraction of sp³-hybridized carbons (Fsp3) is 0.174. The molecule has 8 nitrogen and oxygen atoms in total. The molecule has 1 fully saturated rings. The average molecular weight is 430 g/mol. The second kappa shape index (κ2) is 8.27. The van der Waals surface area contributed by atoms with Crippen molar-refractivity contribution in [1.29, 1.82) is 0 Å². The Morgan fingerprint density at radius 3 is 2.50 bits per heavy atom. The number of anilines is 1. The van der Waals surface area contributed by atoms with Crippen molar-refractivity contribution in [3.05, 3.63) is 72.4 Å². The van der Waals surface area contributed by atoms with Gasteiger partial charge in [-0.15, -0.1) is 0 Å². The lowest BCUT2D eigenvalue weighted by Gasteiger charge is -2.29. The van der Waals surface area contributed by atoms with Gasteiger partial charge in [-0.2, -0.15) is 10.2 Å². The molecule has 0 radical (unpaired) electrons. The topological polar surface area (TPSA) is 110 Å². The molecule has 0 atom stereocenters. The number of rotatable bonds is 4. The zero-order chi connectivity index (χ0) is 22.1. The van der Waals surface area contributed by atoms with E-state index < -0.39 is 5.82 Å².